The minimum Gasteiger partial charge on any atom is -0.355 e. The van der Waals surface area contributed by atoms with Crippen LogP contribution < -0.4 is 10.6 Å². The number of amides is 1. The van der Waals surface area contributed by atoms with Crippen molar-refractivity contribution in [3.63, 3.8) is 0 Å². The second-order valence-electron chi connectivity index (χ2n) is 5.82. The lowest BCUT2D eigenvalue weighted by Crippen LogP contribution is -2.43. The summed E-state index contributed by atoms with van der Waals surface area (Å²) in [6, 6.07) is 8.70. The number of carbonyl (C=O) groups is 1. The van der Waals surface area contributed by atoms with Crippen molar-refractivity contribution in [2.75, 3.05) is 13.1 Å². The number of halogens is 1. The molecule has 1 saturated carbocycles. The van der Waals surface area contributed by atoms with Crippen LogP contribution in [0.3, 0.4) is 0 Å². The molecule has 0 spiro atoms. The van der Waals surface area contributed by atoms with Crippen LogP contribution in [0.4, 0.5) is 0 Å². The van der Waals surface area contributed by atoms with Crippen molar-refractivity contribution in [3.8, 4) is 0 Å². The normalized spacial score (nSPS) is 21.6. The molecule has 0 heterocycles. The van der Waals surface area contributed by atoms with Gasteiger partial charge in [-0.1, -0.05) is 37.6 Å². The first-order valence-corrected chi connectivity index (χ1v) is 7.70. The summed E-state index contributed by atoms with van der Waals surface area (Å²) < 4.78 is 0. The number of nitrogens with one attached hydrogen (secondary N) is 2. The van der Waals surface area contributed by atoms with Crippen molar-refractivity contribution in [2.24, 2.45) is 5.92 Å². The van der Waals surface area contributed by atoms with Gasteiger partial charge in [0.2, 0.25) is 5.91 Å². The van der Waals surface area contributed by atoms with Crippen LogP contribution in [0.15, 0.2) is 24.3 Å². The average molecular weight is 295 g/mol. The van der Waals surface area contributed by atoms with Crippen molar-refractivity contribution in [1.29, 1.82) is 0 Å². The maximum absolute atomic E-state index is 11.4. The fourth-order valence-corrected chi connectivity index (χ4v) is 2.68. The monoisotopic (exact) mass is 294 g/mol. The highest BCUT2D eigenvalue weighted by Crippen LogP contribution is 2.37. The Morgan fingerprint density at radius 2 is 2.10 bits per heavy atom. The molecule has 1 aromatic carbocycles. The standard InChI is InChI=1S/C16H23ClN2O/c1-11(2)16(20)19-7-6-18-15-9-13(10-15)12-4-3-5-14(17)8-12/h3-5,8,11,13,15,18H,6-7,9-10H2,1-2H3,(H,19,20). The van der Waals surface area contributed by atoms with Gasteiger partial charge in [-0.2, -0.15) is 0 Å². The zero-order chi connectivity index (χ0) is 14.5. The van der Waals surface area contributed by atoms with Crippen molar-refractivity contribution < 1.29 is 4.79 Å². The van der Waals surface area contributed by atoms with Crippen LogP contribution in [0.1, 0.15) is 38.2 Å². The molecule has 2 rings (SSSR count). The predicted octanol–water partition coefficient (Wildman–Crippen LogP) is 2.95. The maximum Gasteiger partial charge on any atom is 0.222 e. The van der Waals surface area contributed by atoms with E-state index in [4.69, 9.17) is 11.6 Å². The second kappa shape index (κ2) is 7.09. The molecule has 0 bridgehead atoms. The Morgan fingerprint density at radius 1 is 1.35 bits per heavy atom. The summed E-state index contributed by atoms with van der Waals surface area (Å²) >= 11 is 6.01. The van der Waals surface area contributed by atoms with E-state index in [0.717, 1.165) is 24.4 Å². The van der Waals surface area contributed by atoms with E-state index in [1.54, 1.807) is 0 Å². The Morgan fingerprint density at radius 3 is 2.75 bits per heavy atom. The molecule has 0 unspecified atom stereocenters. The first-order chi connectivity index (χ1) is 9.56. The quantitative estimate of drug-likeness (QED) is 0.792. The molecule has 1 fully saturated rings. The first kappa shape index (κ1) is 15.3. The lowest BCUT2D eigenvalue weighted by molar-refractivity contribution is -0.123. The van der Waals surface area contributed by atoms with E-state index in [1.807, 2.05) is 26.0 Å². The van der Waals surface area contributed by atoms with Gasteiger partial charge >= 0.3 is 0 Å². The molecule has 1 aliphatic carbocycles. The van der Waals surface area contributed by atoms with Gasteiger partial charge in [-0.25, -0.2) is 0 Å². The van der Waals surface area contributed by atoms with Crippen LogP contribution in [-0.4, -0.2) is 25.0 Å². The molecule has 2 N–H and O–H groups in total. The second-order valence-corrected chi connectivity index (χ2v) is 6.26. The first-order valence-electron chi connectivity index (χ1n) is 7.33. The predicted molar refractivity (Wildman–Crippen MR) is 83.1 cm³/mol. The minimum absolute atomic E-state index is 0.0610. The van der Waals surface area contributed by atoms with E-state index in [-0.39, 0.29) is 11.8 Å². The third kappa shape index (κ3) is 4.22. The molecule has 0 saturated heterocycles. The lowest BCUT2D eigenvalue weighted by atomic mass is 9.76. The topological polar surface area (TPSA) is 41.1 Å². The summed E-state index contributed by atoms with van der Waals surface area (Å²) in [7, 11) is 0. The molecular formula is C16H23ClN2O. The molecular weight excluding hydrogens is 272 g/mol. The van der Waals surface area contributed by atoms with Crippen LogP contribution in [0.25, 0.3) is 0 Å². The van der Waals surface area contributed by atoms with Gasteiger partial charge in [0.05, 0.1) is 0 Å². The van der Waals surface area contributed by atoms with Crippen molar-refractivity contribution in [3.05, 3.63) is 34.9 Å². The van der Waals surface area contributed by atoms with Gasteiger partial charge < -0.3 is 10.6 Å². The van der Waals surface area contributed by atoms with Gasteiger partial charge in [-0.3, -0.25) is 4.79 Å². The van der Waals surface area contributed by atoms with E-state index in [1.165, 1.54) is 5.56 Å². The molecule has 0 aliphatic heterocycles. The molecule has 0 atom stereocenters. The molecule has 0 radical (unpaired) electrons. The third-order valence-corrected chi connectivity index (χ3v) is 4.07. The number of hydrogen-bond donors (Lipinski definition) is 2. The summed E-state index contributed by atoms with van der Waals surface area (Å²) in [5.74, 6) is 0.805. The van der Waals surface area contributed by atoms with E-state index in [9.17, 15) is 4.79 Å². The molecule has 3 nitrogen and oxygen atoms in total. The van der Waals surface area contributed by atoms with E-state index in [0.29, 0.717) is 18.5 Å². The molecule has 1 aliphatic rings. The van der Waals surface area contributed by atoms with Crippen LogP contribution >= 0.6 is 11.6 Å². The fourth-order valence-electron chi connectivity index (χ4n) is 2.48. The van der Waals surface area contributed by atoms with Crippen molar-refractivity contribution in [1.82, 2.24) is 10.6 Å². The molecule has 1 aromatic rings. The Bertz CT molecular complexity index is 456. The van der Waals surface area contributed by atoms with Crippen LogP contribution in [0.5, 0.6) is 0 Å². The van der Waals surface area contributed by atoms with Gasteiger partial charge in [0.1, 0.15) is 0 Å². The number of carbonyl (C=O) groups excluding carboxylic acids is 1. The summed E-state index contributed by atoms with van der Waals surface area (Å²) in [4.78, 5) is 11.4. The largest absolute Gasteiger partial charge is 0.355 e. The Balaban J connectivity index is 1.61. The molecule has 4 heteroatoms. The summed E-state index contributed by atoms with van der Waals surface area (Å²) in [5.41, 5.74) is 1.34. The summed E-state index contributed by atoms with van der Waals surface area (Å²) in [6.45, 7) is 5.36. The fraction of sp³-hybridized carbons (Fsp3) is 0.562. The van der Waals surface area contributed by atoms with Crippen LogP contribution in [0, 0.1) is 5.92 Å². The van der Waals surface area contributed by atoms with E-state index < -0.39 is 0 Å². The highest BCUT2D eigenvalue weighted by atomic mass is 35.5. The summed E-state index contributed by atoms with van der Waals surface area (Å²) in [5, 5.41) is 7.21. The van der Waals surface area contributed by atoms with Gasteiger partial charge in [0.25, 0.3) is 0 Å². The molecule has 0 aromatic heterocycles. The molecule has 110 valence electrons. The zero-order valence-corrected chi connectivity index (χ0v) is 12.9. The lowest BCUT2D eigenvalue weighted by Gasteiger charge is -2.36. The Hall–Kier alpha value is -1.06. The maximum atomic E-state index is 11.4. The number of hydrogen-bond acceptors (Lipinski definition) is 2. The van der Waals surface area contributed by atoms with Crippen molar-refractivity contribution in [2.45, 2.75) is 38.6 Å². The zero-order valence-electron chi connectivity index (χ0n) is 12.2. The molecule has 1 amide bonds. The number of rotatable bonds is 6. The van der Waals surface area contributed by atoms with E-state index >= 15 is 0 Å². The third-order valence-electron chi connectivity index (χ3n) is 3.84. The van der Waals surface area contributed by atoms with Gasteiger partial charge in [-0.05, 0) is 36.5 Å². The van der Waals surface area contributed by atoms with Crippen LogP contribution in [0.2, 0.25) is 5.02 Å². The Kier molecular flexibility index (Phi) is 5.44. The van der Waals surface area contributed by atoms with Gasteiger partial charge in [0.15, 0.2) is 0 Å². The van der Waals surface area contributed by atoms with Crippen LogP contribution in [-0.2, 0) is 4.79 Å². The van der Waals surface area contributed by atoms with Gasteiger partial charge in [-0.15, -0.1) is 0 Å². The van der Waals surface area contributed by atoms with E-state index in [2.05, 4.69) is 22.8 Å². The Labute approximate surface area is 126 Å². The highest BCUT2D eigenvalue weighted by Gasteiger charge is 2.29. The van der Waals surface area contributed by atoms with Crippen molar-refractivity contribution >= 4 is 17.5 Å². The van der Waals surface area contributed by atoms with Gasteiger partial charge in [0, 0.05) is 30.1 Å². The SMILES string of the molecule is CC(C)C(=O)NCCNC1CC(c2cccc(Cl)c2)C1. The number of benzene rings is 1. The average Bonchev–Trinajstić information content (AvgIpc) is 2.35. The smallest absolute Gasteiger partial charge is 0.222 e. The summed E-state index contributed by atoms with van der Waals surface area (Å²) in [6.07, 6.45) is 2.30. The minimum atomic E-state index is 0.0610. The molecule has 20 heavy (non-hydrogen) atoms. The highest BCUT2D eigenvalue weighted by molar-refractivity contribution is 6.30.